The summed E-state index contributed by atoms with van der Waals surface area (Å²) in [5.74, 6) is -2.99. The van der Waals surface area contributed by atoms with Crippen molar-refractivity contribution >= 4 is 36.1 Å². The van der Waals surface area contributed by atoms with Crippen LogP contribution in [0, 0.1) is 17.8 Å². The number of carbonyl (C=O) groups is 3. The average molecular weight is 414 g/mol. The predicted octanol–water partition coefficient (Wildman–Crippen LogP) is 3.33. The van der Waals surface area contributed by atoms with Gasteiger partial charge in [0.15, 0.2) is 0 Å². The zero-order valence-electron chi connectivity index (χ0n) is 15.9. The van der Waals surface area contributed by atoms with Crippen LogP contribution < -0.4 is 0 Å². The Kier molecular flexibility index (Phi) is 11.8. The summed E-state index contributed by atoms with van der Waals surface area (Å²) in [6, 6.07) is 0. The van der Waals surface area contributed by atoms with Crippen LogP contribution in [-0.4, -0.2) is 37.4 Å². The van der Waals surface area contributed by atoms with Crippen LogP contribution in [0.3, 0.4) is 0 Å². The third-order valence-electron chi connectivity index (χ3n) is 2.65. The molecule has 11 heteroatoms. The van der Waals surface area contributed by atoms with E-state index in [-0.39, 0.29) is 23.7 Å². The van der Waals surface area contributed by atoms with Gasteiger partial charge in [-0.05, 0) is 0 Å². The van der Waals surface area contributed by atoms with Crippen LogP contribution in [0.1, 0.15) is 41.5 Å². The number of esters is 3. The fourth-order valence-electron chi connectivity index (χ4n) is 1.06. The Morgan fingerprint density at radius 3 is 1.42 bits per heavy atom. The molecule has 0 heterocycles. The van der Waals surface area contributed by atoms with Crippen molar-refractivity contribution in [2.24, 2.45) is 17.8 Å². The molecule has 0 bridgehead atoms. The number of hydrogen-bond acceptors (Lipinski definition) is 10. The van der Waals surface area contributed by atoms with Gasteiger partial charge in [0, 0.05) is 11.4 Å². The topological polar surface area (TPSA) is 114 Å². The van der Waals surface area contributed by atoms with Crippen LogP contribution in [-0.2, 0) is 42.2 Å². The van der Waals surface area contributed by atoms with Crippen LogP contribution in [0.4, 0.5) is 0 Å². The van der Waals surface area contributed by atoms with Gasteiger partial charge in [0.1, 0.15) is 5.94 Å². The van der Waals surface area contributed by atoms with Crippen molar-refractivity contribution in [2.45, 2.75) is 41.5 Å². The lowest BCUT2D eigenvalue weighted by atomic mass is 10.2. The van der Waals surface area contributed by atoms with E-state index in [1.54, 1.807) is 41.5 Å². The van der Waals surface area contributed by atoms with E-state index >= 15 is 0 Å². The minimum Gasteiger partial charge on any atom is -0.454 e. The van der Waals surface area contributed by atoms with Gasteiger partial charge in [-0.1, -0.05) is 41.5 Å². The van der Waals surface area contributed by atoms with Crippen LogP contribution in [0.2, 0.25) is 0 Å². The Balaban J connectivity index is 4.63. The normalized spacial score (nSPS) is 11.7. The third-order valence-corrected chi connectivity index (χ3v) is 5.93. The lowest BCUT2D eigenvalue weighted by Crippen LogP contribution is -2.16. The second-order valence-electron chi connectivity index (χ2n) is 6.04. The Labute approximate surface area is 157 Å². The molecular weight excluding hydrogens is 387 g/mol. The van der Waals surface area contributed by atoms with Crippen molar-refractivity contribution in [1.82, 2.24) is 0 Å². The van der Waals surface area contributed by atoms with E-state index in [0.29, 0.717) is 11.4 Å². The Morgan fingerprint density at radius 1 is 0.731 bits per heavy atom. The second kappa shape index (κ2) is 12.3. The molecule has 0 aromatic rings. The molecule has 9 nitrogen and oxygen atoms in total. The summed E-state index contributed by atoms with van der Waals surface area (Å²) in [5, 5.41) is 0. The SMILES string of the molecule is CC(C)C(=O)OCOP(=O)(OCOC(=O)C(C)C)SCOC(=O)C(C)C. The minimum atomic E-state index is -3.89. The van der Waals surface area contributed by atoms with Crippen molar-refractivity contribution in [2.75, 3.05) is 19.5 Å². The van der Waals surface area contributed by atoms with E-state index in [9.17, 15) is 18.9 Å². The summed E-state index contributed by atoms with van der Waals surface area (Å²) in [6.07, 6.45) is 0. The van der Waals surface area contributed by atoms with Gasteiger partial charge in [-0.3, -0.25) is 23.4 Å². The quantitative estimate of drug-likeness (QED) is 0.204. The average Bonchev–Trinajstić information content (AvgIpc) is 2.54. The van der Waals surface area contributed by atoms with Gasteiger partial charge in [0.2, 0.25) is 13.6 Å². The van der Waals surface area contributed by atoms with Crippen molar-refractivity contribution in [3.63, 3.8) is 0 Å². The van der Waals surface area contributed by atoms with E-state index < -0.39 is 38.3 Å². The standard InChI is InChI=1S/C15H27O9PS/c1-10(2)13(16)20-7-23-25(19,24-8-21-14(17)11(3)4)26-9-22-15(18)12(5)6/h10-12H,7-9H2,1-6H3. The smallest absolute Gasteiger partial charge is 0.398 e. The number of ether oxygens (including phenoxy) is 3. The lowest BCUT2D eigenvalue weighted by Gasteiger charge is -2.18. The molecule has 152 valence electrons. The highest BCUT2D eigenvalue weighted by molar-refractivity contribution is 8.55. The number of hydrogen-bond donors (Lipinski definition) is 0. The highest BCUT2D eigenvalue weighted by atomic mass is 32.7. The predicted molar refractivity (Wildman–Crippen MR) is 94.8 cm³/mol. The van der Waals surface area contributed by atoms with Crippen molar-refractivity contribution in [1.29, 1.82) is 0 Å². The lowest BCUT2D eigenvalue weighted by molar-refractivity contribution is -0.155. The molecule has 0 saturated carbocycles. The molecule has 0 N–H and O–H groups in total. The molecule has 0 aromatic heterocycles. The van der Waals surface area contributed by atoms with Gasteiger partial charge in [0.05, 0.1) is 17.8 Å². The number of carbonyl (C=O) groups excluding carboxylic acids is 3. The van der Waals surface area contributed by atoms with E-state index in [1.807, 2.05) is 0 Å². The summed E-state index contributed by atoms with van der Waals surface area (Å²) < 4.78 is 37.1. The molecule has 0 aromatic carbocycles. The van der Waals surface area contributed by atoms with Gasteiger partial charge in [-0.25, -0.2) is 4.57 Å². The first-order valence-electron chi connectivity index (χ1n) is 8.02. The largest absolute Gasteiger partial charge is 0.454 e. The molecule has 0 spiro atoms. The Hall–Kier alpha value is -1.09. The van der Waals surface area contributed by atoms with E-state index in [2.05, 4.69) is 0 Å². The molecule has 0 unspecified atom stereocenters. The maximum absolute atomic E-state index is 12.6. The summed E-state index contributed by atoms with van der Waals surface area (Å²) >= 11 is 0.575. The molecule has 0 aliphatic heterocycles. The molecule has 0 fully saturated rings. The van der Waals surface area contributed by atoms with Gasteiger partial charge in [-0.15, -0.1) is 0 Å². The van der Waals surface area contributed by atoms with Crippen molar-refractivity contribution in [3.05, 3.63) is 0 Å². The van der Waals surface area contributed by atoms with Gasteiger partial charge < -0.3 is 14.2 Å². The fraction of sp³-hybridized carbons (Fsp3) is 0.800. The Bertz CT molecular complexity index is 448. The Morgan fingerprint density at radius 2 is 1.08 bits per heavy atom. The monoisotopic (exact) mass is 414 g/mol. The molecule has 26 heavy (non-hydrogen) atoms. The first-order chi connectivity index (χ1) is 12.0. The zero-order valence-corrected chi connectivity index (χ0v) is 17.6. The highest BCUT2D eigenvalue weighted by Gasteiger charge is 2.29. The molecule has 0 saturated heterocycles. The molecule has 0 atom stereocenters. The third kappa shape index (κ3) is 10.8. The zero-order chi connectivity index (χ0) is 20.3. The van der Waals surface area contributed by atoms with E-state index in [0.717, 1.165) is 0 Å². The first-order valence-corrected chi connectivity index (χ1v) is 11.2. The van der Waals surface area contributed by atoms with E-state index in [1.165, 1.54) is 0 Å². The summed E-state index contributed by atoms with van der Waals surface area (Å²) in [5.41, 5.74) is 0. The molecular formula is C15H27O9PS. The maximum atomic E-state index is 12.6. The van der Waals surface area contributed by atoms with Gasteiger partial charge in [0.25, 0.3) is 0 Å². The van der Waals surface area contributed by atoms with Crippen LogP contribution in [0.5, 0.6) is 0 Å². The summed E-state index contributed by atoms with van der Waals surface area (Å²) in [4.78, 5) is 34.3. The molecule has 0 radical (unpaired) electrons. The van der Waals surface area contributed by atoms with E-state index in [4.69, 9.17) is 23.3 Å². The van der Waals surface area contributed by atoms with Crippen molar-refractivity contribution < 1.29 is 42.2 Å². The fourth-order valence-corrected chi connectivity index (χ4v) is 3.19. The van der Waals surface area contributed by atoms with Crippen LogP contribution >= 0.6 is 18.2 Å². The van der Waals surface area contributed by atoms with Gasteiger partial charge >= 0.3 is 24.7 Å². The first kappa shape index (κ1) is 24.9. The van der Waals surface area contributed by atoms with Crippen LogP contribution in [0.15, 0.2) is 0 Å². The van der Waals surface area contributed by atoms with Gasteiger partial charge in [-0.2, -0.15) is 0 Å². The summed E-state index contributed by atoms with van der Waals surface area (Å²) in [6.45, 7) is 4.69. The maximum Gasteiger partial charge on any atom is 0.398 e. The van der Waals surface area contributed by atoms with Crippen molar-refractivity contribution in [3.8, 4) is 0 Å². The molecule has 0 rings (SSSR count). The second-order valence-corrected chi connectivity index (χ2v) is 10.1. The molecule has 0 aliphatic carbocycles. The minimum absolute atomic E-state index is 0.301. The molecule has 0 aliphatic rings. The van der Waals surface area contributed by atoms with Crippen LogP contribution in [0.25, 0.3) is 0 Å². The highest BCUT2D eigenvalue weighted by Crippen LogP contribution is 2.60. The molecule has 0 amide bonds. The summed E-state index contributed by atoms with van der Waals surface area (Å²) in [7, 11) is 0. The number of rotatable bonds is 12.